The van der Waals surface area contributed by atoms with Crippen molar-refractivity contribution in [3.05, 3.63) is 82.6 Å². The number of aromatic nitrogens is 4. The van der Waals surface area contributed by atoms with Crippen LogP contribution in [0, 0.1) is 11.7 Å². The van der Waals surface area contributed by atoms with Crippen LogP contribution in [0.1, 0.15) is 43.5 Å². The van der Waals surface area contributed by atoms with E-state index in [0.717, 1.165) is 46.7 Å². The predicted molar refractivity (Wildman–Crippen MR) is 171 cm³/mol. The monoisotopic (exact) mass is 616 g/mol. The Morgan fingerprint density at radius 1 is 1.12 bits per heavy atom. The number of ether oxygens (including phenoxy) is 1. The lowest BCUT2D eigenvalue weighted by Gasteiger charge is -2.34. The SMILES string of the molecule is CC(C)N1CCC(Cn2cc3c(n2)CCc2c-3sc3ncnc(Nc4ccc(OCc5cccc(F)c5)c(Cl)c4)c23)CC1. The Morgan fingerprint density at radius 3 is 2.77 bits per heavy atom. The molecule has 1 saturated heterocycles. The van der Waals surface area contributed by atoms with Crippen LogP contribution < -0.4 is 10.1 Å². The van der Waals surface area contributed by atoms with Crippen molar-refractivity contribution < 1.29 is 9.13 Å². The lowest BCUT2D eigenvalue weighted by Crippen LogP contribution is -2.39. The van der Waals surface area contributed by atoms with Gasteiger partial charge in [0.1, 0.15) is 35.1 Å². The largest absolute Gasteiger partial charge is 0.487 e. The van der Waals surface area contributed by atoms with E-state index in [2.05, 4.69) is 44.9 Å². The Bertz CT molecular complexity index is 1780. The fraction of sp³-hybridized carbons (Fsp3) is 0.364. The van der Waals surface area contributed by atoms with E-state index in [1.165, 1.54) is 59.8 Å². The second kappa shape index (κ2) is 11.9. The van der Waals surface area contributed by atoms with Crippen molar-refractivity contribution in [1.82, 2.24) is 24.6 Å². The van der Waals surface area contributed by atoms with Gasteiger partial charge in [0.2, 0.25) is 0 Å². The van der Waals surface area contributed by atoms with Crippen LogP contribution in [0.25, 0.3) is 20.7 Å². The third kappa shape index (κ3) is 5.86. The number of hydrogen-bond donors (Lipinski definition) is 1. The van der Waals surface area contributed by atoms with Crippen LogP contribution in [0.4, 0.5) is 15.9 Å². The predicted octanol–water partition coefficient (Wildman–Crippen LogP) is 7.89. The molecule has 10 heteroatoms. The van der Waals surface area contributed by atoms with Gasteiger partial charge in [-0.3, -0.25) is 4.68 Å². The van der Waals surface area contributed by atoms with Crippen LogP contribution in [0.5, 0.6) is 5.75 Å². The first-order valence-corrected chi connectivity index (χ1v) is 16.1. The van der Waals surface area contributed by atoms with Gasteiger partial charge in [-0.05, 0) is 100.0 Å². The molecule has 2 aliphatic rings. The molecule has 222 valence electrons. The molecule has 2 aromatic carbocycles. The van der Waals surface area contributed by atoms with Crippen molar-refractivity contribution in [3.63, 3.8) is 0 Å². The van der Waals surface area contributed by atoms with E-state index in [4.69, 9.17) is 21.4 Å². The number of hydrogen-bond acceptors (Lipinski definition) is 7. The number of rotatable bonds is 8. The molecule has 1 aliphatic carbocycles. The topological polar surface area (TPSA) is 68.1 Å². The quantitative estimate of drug-likeness (QED) is 0.191. The summed E-state index contributed by atoms with van der Waals surface area (Å²) in [5, 5.41) is 10.0. The van der Waals surface area contributed by atoms with E-state index < -0.39 is 0 Å². The van der Waals surface area contributed by atoms with Crippen LogP contribution in [0.3, 0.4) is 0 Å². The summed E-state index contributed by atoms with van der Waals surface area (Å²) in [6.07, 6.45) is 8.13. The average Bonchev–Trinajstić information content (AvgIpc) is 3.58. The molecule has 5 aromatic rings. The standard InChI is InChI=1S/C33H34ClFN6OS/c1-20(2)40-12-10-21(11-13-40)16-41-17-26-28(39-41)8-7-25-30-32(36-19-37-33(30)43-31(25)26)38-24-6-9-29(27(34)15-24)42-18-22-4-3-5-23(35)14-22/h3-6,9,14-15,17,19-21H,7-8,10-13,16,18H2,1-2H3,(H,36,37,38). The number of fused-ring (bicyclic) bond motifs is 5. The number of anilines is 2. The number of nitrogens with one attached hydrogen (secondary N) is 1. The van der Waals surface area contributed by atoms with Crippen LogP contribution in [0.2, 0.25) is 5.02 Å². The molecule has 0 amide bonds. The molecule has 43 heavy (non-hydrogen) atoms. The van der Waals surface area contributed by atoms with Crippen molar-refractivity contribution in [1.29, 1.82) is 0 Å². The van der Waals surface area contributed by atoms with Gasteiger partial charge >= 0.3 is 0 Å². The average molecular weight is 617 g/mol. The highest BCUT2D eigenvalue weighted by molar-refractivity contribution is 7.22. The van der Waals surface area contributed by atoms with E-state index in [1.54, 1.807) is 23.7 Å². The van der Waals surface area contributed by atoms with Crippen molar-refractivity contribution in [2.45, 2.75) is 58.7 Å². The van der Waals surface area contributed by atoms with Crippen LogP contribution in [-0.2, 0) is 26.0 Å². The minimum Gasteiger partial charge on any atom is -0.487 e. The molecule has 1 fully saturated rings. The number of benzene rings is 2. The number of aryl methyl sites for hydroxylation is 2. The van der Waals surface area contributed by atoms with E-state index in [0.29, 0.717) is 22.7 Å². The van der Waals surface area contributed by atoms with Crippen molar-refractivity contribution in [2.24, 2.45) is 5.92 Å². The minimum atomic E-state index is -0.290. The molecule has 1 aliphatic heterocycles. The third-order valence-electron chi connectivity index (χ3n) is 8.58. The van der Waals surface area contributed by atoms with Crippen LogP contribution in [-0.4, -0.2) is 43.8 Å². The van der Waals surface area contributed by atoms with Gasteiger partial charge in [-0.1, -0.05) is 23.7 Å². The molecule has 4 heterocycles. The fourth-order valence-corrected chi connectivity index (χ4v) is 7.71. The molecular weight excluding hydrogens is 583 g/mol. The summed E-state index contributed by atoms with van der Waals surface area (Å²) in [6.45, 7) is 8.13. The van der Waals surface area contributed by atoms with Crippen molar-refractivity contribution in [2.75, 3.05) is 18.4 Å². The molecule has 7 nitrogen and oxygen atoms in total. The lowest BCUT2D eigenvalue weighted by molar-refractivity contribution is 0.140. The zero-order chi connectivity index (χ0) is 29.5. The minimum absolute atomic E-state index is 0.230. The first-order valence-electron chi connectivity index (χ1n) is 14.9. The van der Waals surface area contributed by atoms with E-state index in [9.17, 15) is 4.39 Å². The van der Waals surface area contributed by atoms with Crippen molar-refractivity contribution >= 4 is 44.7 Å². The Labute approximate surface area is 259 Å². The van der Waals surface area contributed by atoms with E-state index in [1.807, 2.05) is 24.3 Å². The Morgan fingerprint density at radius 2 is 1.98 bits per heavy atom. The summed E-state index contributed by atoms with van der Waals surface area (Å²) >= 11 is 8.29. The van der Waals surface area contributed by atoms with Gasteiger partial charge in [-0.25, -0.2) is 14.4 Å². The number of likely N-dealkylation sites (tertiary alicyclic amines) is 1. The number of nitrogens with zero attached hydrogens (tertiary/aromatic N) is 5. The molecule has 7 rings (SSSR count). The second-order valence-electron chi connectivity index (χ2n) is 11.8. The molecule has 0 bridgehead atoms. The Kier molecular flexibility index (Phi) is 7.80. The highest BCUT2D eigenvalue weighted by atomic mass is 35.5. The Hall–Kier alpha value is -3.53. The van der Waals surface area contributed by atoms with E-state index >= 15 is 0 Å². The maximum Gasteiger partial charge on any atom is 0.142 e. The lowest BCUT2D eigenvalue weighted by atomic mass is 9.95. The third-order valence-corrected chi connectivity index (χ3v) is 10.1. The molecule has 3 aromatic heterocycles. The smallest absolute Gasteiger partial charge is 0.142 e. The summed E-state index contributed by atoms with van der Waals surface area (Å²) in [4.78, 5) is 14.1. The highest BCUT2D eigenvalue weighted by Gasteiger charge is 2.28. The summed E-state index contributed by atoms with van der Waals surface area (Å²) in [6, 6.07) is 12.5. The molecule has 0 spiro atoms. The van der Waals surface area contributed by atoms with Gasteiger partial charge in [0, 0.05) is 34.9 Å². The maximum atomic E-state index is 13.5. The molecule has 0 saturated carbocycles. The maximum absolute atomic E-state index is 13.5. The molecule has 0 radical (unpaired) electrons. The molecular formula is C33H34ClFN6OS. The van der Waals surface area contributed by atoms with Gasteiger partial charge in [-0.15, -0.1) is 11.3 Å². The molecule has 1 N–H and O–H groups in total. The summed E-state index contributed by atoms with van der Waals surface area (Å²) in [7, 11) is 0. The van der Waals surface area contributed by atoms with Gasteiger partial charge in [0.05, 0.1) is 16.1 Å². The van der Waals surface area contributed by atoms with Gasteiger partial charge in [-0.2, -0.15) is 5.10 Å². The zero-order valence-corrected chi connectivity index (χ0v) is 25.9. The van der Waals surface area contributed by atoms with Gasteiger partial charge in [0.15, 0.2) is 0 Å². The Balaban J connectivity index is 1.09. The number of piperidine rings is 1. The van der Waals surface area contributed by atoms with E-state index in [-0.39, 0.29) is 12.4 Å². The summed E-state index contributed by atoms with van der Waals surface area (Å²) < 4.78 is 21.5. The number of thiophene rings is 1. The molecule has 0 unspecified atom stereocenters. The second-order valence-corrected chi connectivity index (χ2v) is 13.2. The van der Waals surface area contributed by atoms with Gasteiger partial charge in [0.25, 0.3) is 0 Å². The highest BCUT2D eigenvalue weighted by Crippen LogP contribution is 2.45. The van der Waals surface area contributed by atoms with Crippen molar-refractivity contribution in [3.8, 4) is 16.2 Å². The zero-order valence-electron chi connectivity index (χ0n) is 24.3. The first kappa shape index (κ1) is 28.3. The van der Waals surface area contributed by atoms with Crippen LogP contribution in [0.15, 0.2) is 55.0 Å². The van der Waals surface area contributed by atoms with Crippen LogP contribution >= 0.6 is 22.9 Å². The summed E-state index contributed by atoms with van der Waals surface area (Å²) in [5.74, 6) is 1.68. The number of halogens is 2. The first-order chi connectivity index (χ1) is 20.9. The fourth-order valence-electron chi connectivity index (χ4n) is 6.25. The molecule has 0 atom stereocenters. The normalized spacial score (nSPS) is 15.6. The summed E-state index contributed by atoms with van der Waals surface area (Å²) in [5.41, 5.74) is 5.24. The van der Waals surface area contributed by atoms with Gasteiger partial charge < -0.3 is 15.0 Å².